The number of nitrogens with zero attached hydrogens (tertiary/aromatic N) is 2. The van der Waals surface area contributed by atoms with Crippen LogP contribution in [0.4, 0.5) is 0 Å². The lowest BCUT2D eigenvalue weighted by Crippen LogP contribution is -1.86. The lowest BCUT2D eigenvalue weighted by Gasteiger charge is -2.05. The Morgan fingerprint density at radius 2 is 1.91 bits per heavy atom. The van der Waals surface area contributed by atoms with E-state index in [-0.39, 0.29) is 10.8 Å². The average molecular weight is 306 g/mol. The fourth-order valence-electron chi connectivity index (χ4n) is 2.16. The summed E-state index contributed by atoms with van der Waals surface area (Å²) in [7, 11) is 0. The van der Waals surface area contributed by atoms with Crippen LogP contribution in [0.2, 0.25) is 0 Å². The van der Waals surface area contributed by atoms with Crippen molar-refractivity contribution >= 4 is 17.6 Å². The highest BCUT2D eigenvalue weighted by Gasteiger charge is 2.13. The molecule has 106 valence electrons. The van der Waals surface area contributed by atoms with Crippen molar-refractivity contribution in [3.63, 3.8) is 0 Å². The van der Waals surface area contributed by atoms with Crippen molar-refractivity contribution in [2.75, 3.05) is 0 Å². The molecule has 3 aromatic rings. The number of carbonyl (C=O) groups is 1. The maximum Gasteiger partial charge on any atom is 0.233 e. The second-order valence-electron chi connectivity index (χ2n) is 4.56. The number of nitriles is 1. The molecule has 0 radical (unpaired) electrons. The molecule has 1 N–H and O–H groups in total. The van der Waals surface area contributed by atoms with Crippen LogP contribution in [0.3, 0.4) is 0 Å². The Labute approximate surface area is 130 Å². The SMILES string of the molecule is N#Cc1cc(-c2nc(O)c(C=O)s2)ccc1-c1ccccc1. The largest absolute Gasteiger partial charge is 0.492 e. The second kappa shape index (κ2) is 5.80. The first-order valence-corrected chi connectivity index (χ1v) is 7.29. The standard InChI is InChI=1S/C17H10N2O2S/c18-9-13-8-12(17-19-16(21)15(10-20)22-17)6-7-14(13)11-4-2-1-3-5-11/h1-8,10,21H. The maximum atomic E-state index is 10.8. The molecule has 0 aliphatic heterocycles. The second-order valence-corrected chi connectivity index (χ2v) is 5.59. The molecule has 1 heterocycles. The van der Waals surface area contributed by atoms with Gasteiger partial charge in [-0.25, -0.2) is 4.98 Å². The monoisotopic (exact) mass is 306 g/mol. The Morgan fingerprint density at radius 1 is 1.14 bits per heavy atom. The number of aromatic nitrogens is 1. The van der Waals surface area contributed by atoms with Crippen LogP contribution in [0.5, 0.6) is 5.88 Å². The number of carbonyl (C=O) groups excluding carboxylic acids is 1. The number of hydrogen-bond acceptors (Lipinski definition) is 5. The molecule has 0 spiro atoms. The van der Waals surface area contributed by atoms with Gasteiger partial charge in [-0.3, -0.25) is 4.79 Å². The van der Waals surface area contributed by atoms with E-state index in [1.807, 2.05) is 42.5 Å². The first kappa shape index (κ1) is 14.0. The summed E-state index contributed by atoms with van der Waals surface area (Å²) in [5.74, 6) is -0.277. The Bertz CT molecular complexity index is 879. The molecule has 1 aromatic heterocycles. The van der Waals surface area contributed by atoms with Gasteiger partial charge in [0.05, 0.1) is 11.6 Å². The van der Waals surface area contributed by atoms with Gasteiger partial charge in [0.25, 0.3) is 0 Å². The quantitative estimate of drug-likeness (QED) is 0.745. The summed E-state index contributed by atoms with van der Waals surface area (Å²) in [5.41, 5.74) is 3.01. The van der Waals surface area contributed by atoms with Gasteiger partial charge in [-0.05, 0) is 17.2 Å². The zero-order valence-corrected chi connectivity index (χ0v) is 12.2. The lowest BCUT2D eigenvalue weighted by molar-refractivity contribution is 0.112. The van der Waals surface area contributed by atoms with Crippen LogP contribution in [0.15, 0.2) is 48.5 Å². The van der Waals surface area contributed by atoms with Gasteiger partial charge in [0, 0.05) is 5.56 Å². The molecule has 0 amide bonds. The summed E-state index contributed by atoms with van der Waals surface area (Å²) < 4.78 is 0. The van der Waals surface area contributed by atoms with Gasteiger partial charge in [-0.1, -0.05) is 42.5 Å². The Hall–Kier alpha value is -2.97. The van der Waals surface area contributed by atoms with Crippen molar-refractivity contribution in [2.24, 2.45) is 0 Å². The molecule has 2 aromatic carbocycles. The third-order valence-electron chi connectivity index (χ3n) is 3.21. The Balaban J connectivity index is 2.09. The fourth-order valence-corrected chi connectivity index (χ4v) is 2.93. The van der Waals surface area contributed by atoms with E-state index < -0.39 is 0 Å². The molecule has 0 saturated heterocycles. The van der Waals surface area contributed by atoms with Crippen LogP contribution < -0.4 is 0 Å². The molecule has 5 heteroatoms. The van der Waals surface area contributed by atoms with E-state index in [2.05, 4.69) is 11.1 Å². The minimum Gasteiger partial charge on any atom is -0.492 e. The minimum absolute atomic E-state index is 0.181. The van der Waals surface area contributed by atoms with Crippen molar-refractivity contribution in [3.8, 4) is 33.6 Å². The van der Waals surface area contributed by atoms with Crippen molar-refractivity contribution in [2.45, 2.75) is 0 Å². The molecule has 22 heavy (non-hydrogen) atoms. The predicted octanol–water partition coefficient (Wildman–Crippen LogP) is 3.87. The van der Waals surface area contributed by atoms with Gasteiger partial charge >= 0.3 is 0 Å². The normalized spacial score (nSPS) is 10.1. The summed E-state index contributed by atoms with van der Waals surface area (Å²) in [6.07, 6.45) is 0.569. The van der Waals surface area contributed by atoms with E-state index in [0.29, 0.717) is 22.4 Å². The summed E-state index contributed by atoms with van der Waals surface area (Å²) in [6.45, 7) is 0. The number of rotatable bonds is 3. The molecule has 3 rings (SSSR count). The van der Waals surface area contributed by atoms with Crippen molar-refractivity contribution in [1.29, 1.82) is 5.26 Å². The van der Waals surface area contributed by atoms with E-state index in [0.717, 1.165) is 22.5 Å². The molecule has 0 aliphatic rings. The summed E-state index contributed by atoms with van der Waals surface area (Å²) >= 11 is 1.09. The number of benzene rings is 2. The smallest absolute Gasteiger partial charge is 0.233 e. The molecular weight excluding hydrogens is 296 g/mol. The molecule has 0 saturated carbocycles. The first-order valence-electron chi connectivity index (χ1n) is 6.48. The predicted molar refractivity (Wildman–Crippen MR) is 84.8 cm³/mol. The van der Waals surface area contributed by atoms with Crippen molar-refractivity contribution in [1.82, 2.24) is 4.98 Å². The molecule has 4 nitrogen and oxygen atoms in total. The average Bonchev–Trinajstić information content (AvgIpc) is 2.96. The highest BCUT2D eigenvalue weighted by molar-refractivity contribution is 7.16. The molecule has 0 aliphatic carbocycles. The van der Waals surface area contributed by atoms with Crippen LogP contribution in [0, 0.1) is 11.3 Å². The number of aldehydes is 1. The van der Waals surface area contributed by atoms with Gasteiger partial charge in [-0.2, -0.15) is 5.26 Å². The van der Waals surface area contributed by atoms with Crippen LogP contribution in [0.25, 0.3) is 21.7 Å². The highest BCUT2D eigenvalue weighted by atomic mass is 32.1. The van der Waals surface area contributed by atoms with Crippen LogP contribution >= 0.6 is 11.3 Å². The van der Waals surface area contributed by atoms with Crippen molar-refractivity contribution < 1.29 is 9.90 Å². The number of hydrogen-bond donors (Lipinski definition) is 1. The molecular formula is C17H10N2O2S. The lowest BCUT2D eigenvalue weighted by atomic mass is 9.98. The molecule has 0 bridgehead atoms. The highest BCUT2D eigenvalue weighted by Crippen LogP contribution is 2.33. The van der Waals surface area contributed by atoms with E-state index in [1.165, 1.54) is 0 Å². The van der Waals surface area contributed by atoms with E-state index in [9.17, 15) is 15.2 Å². The van der Waals surface area contributed by atoms with Crippen molar-refractivity contribution in [3.05, 3.63) is 59.0 Å². The van der Waals surface area contributed by atoms with Gasteiger partial charge in [-0.15, -0.1) is 11.3 Å². The third kappa shape index (κ3) is 2.48. The zero-order valence-electron chi connectivity index (χ0n) is 11.4. The minimum atomic E-state index is -0.277. The zero-order chi connectivity index (χ0) is 15.5. The van der Waals surface area contributed by atoms with E-state index in [4.69, 9.17) is 0 Å². The number of aromatic hydroxyl groups is 1. The summed E-state index contributed by atoms with van der Waals surface area (Å²) in [6, 6.07) is 17.2. The van der Waals surface area contributed by atoms with E-state index in [1.54, 1.807) is 6.07 Å². The molecule has 0 fully saturated rings. The third-order valence-corrected chi connectivity index (χ3v) is 4.23. The molecule has 0 unspecified atom stereocenters. The number of thiazole rings is 1. The van der Waals surface area contributed by atoms with Crippen LogP contribution in [-0.2, 0) is 0 Å². The van der Waals surface area contributed by atoms with Gasteiger partial charge < -0.3 is 5.11 Å². The first-order chi connectivity index (χ1) is 10.7. The molecule has 0 atom stereocenters. The Morgan fingerprint density at radius 3 is 2.55 bits per heavy atom. The topological polar surface area (TPSA) is 74.0 Å². The summed E-state index contributed by atoms with van der Waals surface area (Å²) in [4.78, 5) is 14.9. The van der Waals surface area contributed by atoms with Gasteiger partial charge in [0.15, 0.2) is 6.29 Å². The van der Waals surface area contributed by atoms with Gasteiger partial charge in [0.1, 0.15) is 9.88 Å². The van der Waals surface area contributed by atoms with Gasteiger partial charge in [0.2, 0.25) is 5.88 Å². The fraction of sp³-hybridized carbons (Fsp3) is 0. The van der Waals surface area contributed by atoms with Crippen LogP contribution in [0.1, 0.15) is 15.2 Å². The maximum absolute atomic E-state index is 10.8. The van der Waals surface area contributed by atoms with E-state index >= 15 is 0 Å². The summed E-state index contributed by atoms with van der Waals surface area (Å²) in [5, 5.41) is 19.4. The van der Waals surface area contributed by atoms with Crippen LogP contribution in [-0.4, -0.2) is 16.4 Å². The Kier molecular flexibility index (Phi) is 3.69.